The van der Waals surface area contributed by atoms with Gasteiger partial charge in [0, 0.05) is 19.3 Å². The van der Waals surface area contributed by atoms with Crippen molar-refractivity contribution in [2.45, 2.75) is 19.0 Å². The van der Waals surface area contributed by atoms with E-state index in [1.807, 2.05) is 0 Å². The second-order valence-electron chi connectivity index (χ2n) is 4.56. The average molecular weight is 273 g/mol. The van der Waals surface area contributed by atoms with Gasteiger partial charge in [0.2, 0.25) is 5.91 Å². The van der Waals surface area contributed by atoms with Gasteiger partial charge in [-0.3, -0.25) is 4.79 Å². The molecule has 2 N–H and O–H groups in total. The zero-order chi connectivity index (χ0) is 14.0. The van der Waals surface area contributed by atoms with E-state index in [1.165, 1.54) is 17.2 Å². The largest absolute Gasteiger partial charge is 0.419 e. The number of halogens is 3. The van der Waals surface area contributed by atoms with Gasteiger partial charge in [-0.05, 0) is 25.0 Å². The summed E-state index contributed by atoms with van der Waals surface area (Å²) in [5.41, 5.74) is 4.45. The van der Waals surface area contributed by atoms with Crippen LogP contribution in [-0.2, 0) is 11.0 Å². The minimum atomic E-state index is -4.46. The molecule has 4 nitrogen and oxygen atoms in total. The first-order valence-corrected chi connectivity index (χ1v) is 5.96. The third-order valence-electron chi connectivity index (χ3n) is 3.22. The van der Waals surface area contributed by atoms with Crippen molar-refractivity contribution in [1.82, 2.24) is 4.98 Å². The number of pyridine rings is 1. The molecule has 0 spiro atoms. The highest BCUT2D eigenvalue weighted by molar-refractivity contribution is 5.77. The van der Waals surface area contributed by atoms with Crippen LogP contribution in [0.5, 0.6) is 0 Å². The molecule has 0 saturated carbocycles. The first-order valence-electron chi connectivity index (χ1n) is 5.96. The Morgan fingerprint density at radius 2 is 2.21 bits per heavy atom. The van der Waals surface area contributed by atoms with E-state index in [1.54, 1.807) is 0 Å². The molecule has 1 amide bonds. The van der Waals surface area contributed by atoms with Crippen LogP contribution in [0.2, 0.25) is 0 Å². The smallest absolute Gasteiger partial charge is 0.369 e. The minimum Gasteiger partial charge on any atom is -0.369 e. The molecule has 1 saturated heterocycles. The molecule has 2 rings (SSSR count). The van der Waals surface area contributed by atoms with Crippen molar-refractivity contribution in [2.24, 2.45) is 11.7 Å². The molecule has 7 heteroatoms. The van der Waals surface area contributed by atoms with Crippen LogP contribution in [0.4, 0.5) is 19.0 Å². The molecule has 19 heavy (non-hydrogen) atoms. The van der Waals surface area contributed by atoms with Crippen molar-refractivity contribution >= 4 is 11.7 Å². The fourth-order valence-electron chi connectivity index (χ4n) is 2.27. The van der Waals surface area contributed by atoms with Crippen LogP contribution < -0.4 is 10.6 Å². The number of carbonyl (C=O) groups is 1. The van der Waals surface area contributed by atoms with Gasteiger partial charge in [-0.2, -0.15) is 13.2 Å². The second-order valence-corrected chi connectivity index (χ2v) is 4.56. The Kier molecular flexibility index (Phi) is 3.64. The zero-order valence-electron chi connectivity index (χ0n) is 10.2. The summed E-state index contributed by atoms with van der Waals surface area (Å²) in [5, 5.41) is 0. The third kappa shape index (κ3) is 2.97. The molecule has 1 atom stereocenters. The number of alkyl halides is 3. The standard InChI is InChI=1S/C12H14F3N3O/c13-12(14,15)9-4-1-5-17-11(9)18-6-2-3-8(7-18)10(16)19/h1,4-5,8H,2-3,6-7H2,(H2,16,19)/t8-/m1/s1. The van der Waals surface area contributed by atoms with E-state index in [-0.39, 0.29) is 12.4 Å². The molecular formula is C12H14F3N3O. The molecule has 0 aliphatic carbocycles. The van der Waals surface area contributed by atoms with Crippen LogP contribution in [0.25, 0.3) is 0 Å². The zero-order valence-corrected chi connectivity index (χ0v) is 10.2. The number of anilines is 1. The van der Waals surface area contributed by atoms with Crippen LogP contribution in [0.3, 0.4) is 0 Å². The van der Waals surface area contributed by atoms with Crippen molar-refractivity contribution in [2.75, 3.05) is 18.0 Å². The molecule has 0 radical (unpaired) electrons. The number of nitrogens with two attached hydrogens (primary N) is 1. The highest BCUT2D eigenvalue weighted by atomic mass is 19.4. The Balaban J connectivity index is 2.29. The van der Waals surface area contributed by atoms with Crippen LogP contribution >= 0.6 is 0 Å². The molecule has 1 aromatic rings. The number of hydrogen-bond donors (Lipinski definition) is 1. The maximum atomic E-state index is 12.9. The van der Waals surface area contributed by atoms with Gasteiger partial charge in [0.15, 0.2) is 0 Å². The minimum absolute atomic E-state index is 0.124. The number of amides is 1. The Bertz CT molecular complexity index is 476. The molecule has 1 aliphatic rings. The summed E-state index contributed by atoms with van der Waals surface area (Å²) >= 11 is 0. The number of primary amides is 1. The molecule has 0 unspecified atom stereocenters. The van der Waals surface area contributed by atoms with Crippen molar-refractivity contribution < 1.29 is 18.0 Å². The van der Waals surface area contributed by atoms with Crippen molar-refractivity contribution in [3.8, 4) is 0 Å². The molecule has 1 fully saturated rings. The van der Waals surface area contributed by atoms with E-state index < -0.39 is 23.6 Å². The van der Waals surface area contributed by atoms with Gasteiger partial charge in [0.05, 0.1) is 11.5 Å². The summed E-state index contributed by atoms with van der Waals surface area (Å²) in [6.45, 7) is 0.638. The van der Waals surface area contributed by atoms with Crippen LogP contribution in [0, 0.1) is 5.92 Å². The Morgan fingerprint density at radius 3 is 2.84 bits per heavy atom. The van der Waals surface area contributed by atoms with E-state index >= 15 is 0 Å². The van der Waals surface area contributed by atoms with Gasteiger partial charge in [-0.25, -0.2) is 4.98 Å². The first-order chi connectivity index (χ1) is 8.89. The van der Waals surface area contributed by atoms with E-state index in [4.69, 9.17) is 5.73 Å². The molecule has 2 heterocycles. The van der Waals surface area contributed by atoms with Crippen LogP contribution in [0.15, 0.2) is 18.3 Å². The predicted molar refractivity (Wildman–Crippen MR) is 63.4 cm³/mol. The summed E-state index contributed by atoms with van der Waals surface area (Å²) < 4.78 is 38.7. The molecule has 104 valence electrons. The van der Waals surface area contributed by atoms with E-state index in [0.717, 1.165) is 6.07 Å². The number of piperidine rings is 1. The second kappa shape index (κ2) is 5.07. The lowest BCUT2D eigenvalue weighted by Crippen LogP contribution is -2.42. The Hall–Kier alpha value is -1.79. The van der Waals surface area contributed by atoms with Gasteiger partial charge >= 0.3 is 6.18 Å². The molecule has 0 bridgehead atoms. The van der Waals surface area contributed by atoms with Crippen LogP contribution in [0.1, 0.15) is 18.4 Å². The fraction of sp³-hybridized carbons (Fsp3) is 0.500. The van der Waals surface area contributed by atoms with E-state index in [2.05, 4.69) is 4.98 Å². The van der Waals surface area contributed by atoms with Gasteiger partial charge in [-0.1, -0.05) is 0 Å². The molecule has 1 aliphatic heterocycles. The average Bonchev–Trinajstić information content (AvgIpc) is 2.38. The monoisotopic (exact) mass is 273 g/mol. The third-order valence-corrected chi connectivity index (χ3v) is 3.22. The van der Waals surface area contributed by atoms with Gasteiger partial charge < -0.3 is 10.6 Å². The van der Waals surface area contributed by atoms with E-state index in [9.17, 15) is 18.0 Å². The summed E-state index contributed by atoms with van der Waals surface area (Å²) in [7, 11) is 0. The molecule has 0 aromatic carbocycles. The van der Waals surface area contributed by atoms with Crippen molar-refractivity contribution in [3.05, 3.63) is 23.9 Å². The predicted octanol–water partition coefficient (Wildman–Crippen LogP) is 1.80. The SMILES string of the molecule is NC(=O)[C@@H]1CCCN(c2ncccc2C(F)(F)F)C1. The highest BCUT2D eigenvalue weighted by Crippen LogP contribution is 2.36. The maximum Gasteiger partial charge on any atom is 0.419 e. The normalized spacial score (nSPS) is 20.4. The number of hydrogen-bond acceptors (Lipinski definition) is 3. The van der Waals surface area contributed by atoms with Crippen molar-refractivity contribution in [3.63, 3.8) is 0 Å². The van der Waals surface area contributed by atoms with Crippen molar-refractivity contribution in [1.29, 1.82) is 0 Å². The number of carbonyl (C=O) groups excluding carboxylic acids is 1. The quantitative estimate of drug-likeness (QED) is 0.894. The Labute approximate surface area is 108 Å². The summed E-state index contributed by atoms with van der Waals surface area (Å²) in [6.07, 6.45) is -1.90. The Morgan fingerprint density at radius 1 is 1.47 bits per heavy atom. The van der Waals surface area contributed by atoms with Crippen LogP contribution in [-0.4, -0.2) is 24.0 Å². The lowest BCUT2D eigenvalue weighted by atomic mass is 9.97. The number of aromatic nitrogens is 1. The maximum absolute atomic E-state index is 12.9. The lowest BCUT2D eigenvalue weighted by molar-refractivity contribution is -0.137. The number of nitrogens with zero attached hydrogens (tertiary/aromatic N) is 2. The lowest BCUT2D eigenvalue weighted by Gasteiger charge is -2.33. The summed E-state index contributed by atoms with van der Waals surface area (Å²) in [5.74, 6) is -1.02. The first kappa shape index (κ1) is 13.6. The summed E-state index contributed by atoms with van der Waals surface area (Å²) in [6, 6.07) is 2.25. The van der Waals surface area contributed by atoms with Gasteiger partial charge in [0.25, 0.3) is 0 Å². The summed E-state index contributed by atoms with van der Waals surface area (Å²) in [4.78, 5) is 16.5. The molecular weight excluding hydrogens is 259 g/mol. The van der Waals surface area contributed by atoms with E-state index in [0.29, 0.717) is 19.4 Å². The number of rotatable bonds is 2. The van der Waals surface area contributed by atoms with Gasteiger partial charge in [-0.15, -0.1) is 0 Å². The highest BCUT2D eigenvalue weighted by Gasteiger charge is 2.37. The molecule has 1 aromatic heterocycles. The topological polar surface area (TPSA) is 59.2 Å². The van der Waals surface area contributed by atoms with Gasteiger partial charge in [0.1, 0.15) is 5.82 Å². The fourth-order valence-corrected chi connectivity index (χ4v) is 2.27.